The Labute approximate surface area is 438 Å². The summed E-state index contributed by atoms with van der Waals surface area (Å²) in [4.78, 5) is 23.1. The Kier molecular flexibility index (Phi) is 52.1. The summed E-state index contributed by atoms with van der Waals surface area (Å²) in [7, 11) is 4.60. The number of nitrogens with zero attached hydrogens (tertiary/aromatic N) is 2. The first-order valence-electron chi connectivity index (χ1n) is 30.4. The average molecular weight is 1020 g/mol. The smallest absolute Gasteiger partial charge is 0.274 e. The summed E-state index contributed by atoms with van der Waals surface area (Å²) in [5.74, 6) is -3.87. The zero-order valence-corrected chi connectivity index (χ0v) is 49.6. The maximum Gasteiger partial charge on any atom is 0.274 e. The fraction of sp³-hybridized carbons (Fsp3) is 0.967. The Bertz CT molecular complexity index is 1140. The molecule has 0 aromatic heterocycles. The van der Waals surface area contributed by atoms with Gasteiger partial charge in [-0.3, -0.25) is 4.55 Å². The molecule has 0 spiro atoms. The fourth-order valence-corrected chi connectivity index (χ4v) is 11.1. The number of carbonyl (C=O) groups is 2. The molecular weight excluding hydrogens is 893 g/mol. The highest BCUT2D eigenvalue weighted by atomic mass is 32.2. The number of aliphatic carboxylic acids is 2. The molecule has 0 saturated carbocycles. The van der Waals surface area contributed by atoms with Gasteiger partial charge in [-0.15, -0.1) is 0 Å². The third kappa shape index (κ3) is 46.5. The van der Waals surface area contributed by atoms with Gasteiger partial charge in [0.1, 0.15) is 5.25 Å². The van der Waals surface area contributed by atoms with E-state index < -0.39 is 32.7 Å². The molecule has 0 aliphatic carbocycles. The quantitative estimate of drug-likeness (QED) is 0.0364. The van der Waals surface area contributed by atoms with Crippen LogP contribution in [-0.2, 0) is 19.7 Å². The molecule has 0 aromatic rings. The Hall–Kier alpha value is -1.23. The van der Waals surface area contributed by atoms with Crippen LogP contribution in [0.5, 0.6) is 0 Å². The molecule has 0 radical (unpaired) electrons. The van der Waals surface area contributed by atoms with Gasteiger partial charge in [-0.2, -0.15) is 8.42 Å². The molecule has 1 N–H and O–H groups in total. The average Bonchev–Trinajstić information content (AvgIpc) is 3.29. The molecule has 0 aromatic carbocycles. The predicted molar refractivity (Wildman–Crippen MR) is 299 cm³/mol. The molecule has 0 saturated heterocycles. The van der Waals surface area contributed by atoms with Gasteiger partial charge in [0.05, 0.1) is 60.3 Å². The number of rotatable bonds is 50. The number of carboxylic acid groups (broad SMARTS) is 2. The van der Waals surface area contributed by atoms with Gasteiger partial charge >= 0.3 is 0 Å². The molecule has 0 bridgehead atoms. The summed E-state index contributed by atoms with van der Waals surface area (Å²) >= 11 is 0. The molecule has 1 atom stereocenters. The minimum atomic E-state index is -5.14. The molecule has 0 fully saturated rings. The van der Waals surface area contributed by atoms with Crippen LogP contribution in [0.2, 0.25) is 0 Å². The zero-order chi connectivity index (χ0) is 53.3. The van der Waals surface area contributed by atoms with Gasteiger partial charge in [0.2, 0.25) is 0 Å². The van der Waals surface area contributed by atoms with Crippen LogP contribution in [-0.4, -0.2) is 93.5 Å². The maximum atomic E-state index is 11.8. The van der Waals surface area contributed by atoms with Crippen molar-refractivity contribution in [1.29, 1.82) is 0 Å². The molecule has 0 heterocycles. The molecule has 1 unspecified atom stereocenters. The van der Waals surface area contributed by atoms with Gasteiger partial charge in [0.25, 0.3) is 10.1 Å². The predicted octanol–water partition coefficient (Wildman–Crippen LogP) is 15.4. The van der Waals surface area contributed by atoms with Crippen molar-refractivity contribution in [3.05, 3.63) is 0 Å². The summed E-state index contributed by atoms with van der Waals surface area (Å²) < 4.78 is 34.9. The first-order chi connectivity index (χ1) is 33.4. The lowest BCUT2D eigenvalue weighted by Gasteiger charge is -2.40. The third-order valence-electron chi connectivity index (χ3n) is 14.8. The van der Waals surface area contributed by atoms with Crippen molar-refractivity contribution in [3.8, 4) is 0 Å². The molecule has 10 heteroatoms. The molecule has 0 amide bonds. The van der Waals surface area contributed by atoms with Gasteiger partial charge in [-0.1, -0.05) is 247 Å². The van der Waals surface area contributed by atoms with Crippen molar-refractivity contribution in [2.24, 2.45) is 5.41 Å². The van der Waals surface area contributed by atoms with E-state index in [0.717, 1.165) is 25.7 Å². The van der Waals surface area contributed by atoms with Crippen LogP contribution in [0.25, 0.3) is 0 Å². The van der Waals surface area contributed by atoms with Crippen LogP contribution in [0.1, 0.15) is 311 Å². The number of carboxylic acids is 2. The molecule has 0 rings (SSSR count). The summed E-state index contributed by atoms with van der Waals surface area (Å²) in [5, 5.41) is 20.6. The molecule has 0 aliphatic heterocycles. The monoisotopic (exact) mass is 1020 g/mol. The van der Waals surface area contributed by atoms with Crippen molar-refractivity contribution in [1.82, 2.24) is 0 Å². The van der Waals surface area contributed by atoms with Gasteiger partial charge in [0.15, 0.2) is 0 Å². The van der Waals surface area contributed by atoms with E-state index in [1.54, 1.807) is 0 Å². The van der Waals surface area contributed by atoms with E-state index in [-0.39, 0.29) is 12.8 Å². The first-order valence-corrected chi connectivity index (χ1v) is 31.9. The lowest BCUT2D eigenvalue weighted by atomic mass is 9.74. The maximum absolute atomic E-state index is 11.8. The van der Waals surface area contributed by atoms with E-state index in [1.807, 2.05) is 13.8 Å². The van der Waals surface area contributed by atoms with Crippen LogP contribution in [0.15, 0.2) is 0 Å². The standard InChI is InChI=1S/2C22H48N.C16H30O7S/c2*1-5-7-9-11-13-15-17-19-21-23(3,4)22-20-18-16-14-12-10-8-6-2;1-3-5-7-9-11-16(15(19)20,12-10-8-6-4-2)13(14(17)18)24(21,22)23/h2*5-22H2,1-4H3;13H,3-12H2,1-2H3,(H,17,18)(H,19,20)(H,21,22,23)/q2*+1;/p-2. The number of carbonyl (C=O) groups excluding carboxylic acids is 2. The summed E-state index contributed by atoms with van der Waals surface area (Å²) in [5.41, 5.74) is -2.17. The van der Waals surface area contributed by atoms with Gasteiger partial charge in [-0.25, -0.2) is 0 Å². The van der Waals surface area contributed by atoms with Crippen molar-refractivity contribution in [3.63, 3.8) is 0 Å². The molecule has 422 valence electrons. The Morgan fingerprint density at radius 2 is 0.557 bits per heavy atom. The summed E-state index contributed by atoms with van der Waals surface area (Å²) in [6, 6.07) is 0. The SMILES string of the molecule is CCCCCCC(CCCCCC)(C(=O)[O-])C(C(=O)[O-])S(=O)(=O)O.CCCCCCCCCC[N+](C)(C)CCCCCCCCCC.CCCCCCCCCC[N+](C)(C)CCCCCCCCCC. The largest absolute Gasteiger partial charge is 0.549 e. The highest BCUT2D eigenvalue weighted by Gasteiger charge is 2.47. The topological polar surface area (TPSA) is 135 Å². The molecule has 9 nitrogen and oxygen atoms in total. The lowest BCUT2D eigenvalue weighted by Crippen LogP contribution is -2.59. The van der Waals surface area contributed by atoms with Gasteiger partial charge < -0.3 is 28.8 Å². The van der Waals surface area contributed by atoms with Crippen LogP contribution < -0.4 is 10.2 Å². The van der Waals surface area contributed by atoms with Crippen LogP contribution in [0.4, 0.5) is 0 Å². The summed E-state index contributed by atoms with van der Waals surface area (Å²) in [6.45, 7) is 18.6. The number of hydrogen-bond donors (Lipinski definition) is 1. The lowest BCUT2D eigenvalue weighted by molar-refractivity contribution is -0.890. The van der Waals surface area contributed by atoms with E-state index in [1.165, 1.54) is 241 Å². The van der Waals surface area contributed by atoms with Crippen LogP contribution >= 0.6 is 0 Å². The number of unbranched alkanes of at least 4 members (excludes halogenated alkanes) is 34. The minimum Gasteiger partial charge on any atom is -0.549 e. The van der Waals surface area contributed by atoms with E-state index >= 15 is 0 Å². The molecular formula is C60H124N2O7S. The van der Waals surface area contributed by atoms with Gasteiger partial charge in [0, 0.05) is 11.4 Å². The van der Waals surface area contributed by atoms with E-state index in [2.05, 4.69) is 55.9 Å². The Morgan fingerprint density at radius 3 is 0.729 bits per heavy atom. The molecule has 70 heavy (non-hydrogen) atoms. The Morgan fingerprint density at radius 1 is 0.371 bits per heavy atom. The van der Waals surface area contributed by atoms with Crippen molar-refractivity contribution < 1.29 is 41.7 Å². The van der Waals surface area contributed by atoms with Crippen molar-refractivity contribution >= 4 is 22.1 Å². The highest BCUT2D eigenvalue weighted by molar-refractivity contribution is 7.87. The zero-order valence-electron chi connectivity index (χ0n) is 48.8. The molecule has 0 aliphatic rings. The first kappa shape index (κ1) is 73.0. The Balaban J connectivity index is -0.000000962. The second kappa shape index (κ2) is 50.0. The second-order valence-corrected chi connectivity index (χ2v) is 24.4. The van der Waals surface area contributed by atoms with Crippen molar-refractivity contribution in [2.45, 2.75) is 316 Å². The normalized spacial score (nSPS) is 12.6. The number of hydrogen-bond acceptors (Lipinski definition) is 6. The third-order valence-corrected chi connectivity index (χ3v) is 16.1. The van der Waals surface area contributed by atoms with Crippen LogP contribution in [0, 0.1) is 5.41 Å². The second-order valence-electron chi connectivity index (χ2n) is 22.9. The number of quaternary nitrogens is 2. The minimum absolute atomic E-state index is 0.181. The van der Waals surface area contributed by atoms with E-state index in [0.29, 0.717) is 25.7 Å². The fourth-order valence-electron chi connectivity index (χ4n) is 9.98. The van der Waals surface area contributed by atoms with Crippen LogP contribution in [0.3, 0.4) is 0 Å². The highest BCUT2D eigenvalue weighted by Crippen LogP contribution is 2.38. The summed E-state index contributed by atoms with van der Waals surface area (Å²) in [6.07, 6.45) is 51.1. The van der Waals surface area contributed by atoms with Crippen molar-refractivity contribution in [2.75, 3.05) is 54.4 Å². The van der Waals surface area contributed by atoms with E-state index in [9.17, 15) is 32.8 Å². The van der Waals surface area contributed by atoms with E-state index in [4.69, 9.17) is 0 Å². The van der Waals surface area contributed by atoms with Gasteiger partial charge in [-0.05, 0) is 64.2 Å².